The van der Waals surface area contributed by atoms with Crippen molar-refractivity contribution in [1.29, 1.82) is 0 Å². The minimum absolute atomic E-state index is 0.0421. The maximum atomic E-state index is 11.3. The van der Waals surface area contributed by atoms with Crippen molar-refractivity contribution in [2.24, 2.45) is 5.92 Å². The molecule has 1 unspecified atom stereocenters. The molecule has 4 heteroatoms. The monoisotopic (exact) mass is 222 g/mol. The first kappa shape index (κ1) is 11.3. The molecule has 4 nitrogen and oxygen atoms in total. The van der Waals surface area contributed by atoms with E-state index in [0.717, 1.165) is 18.7 Å². The molecule has 1 aromatic rings. The van der Waals surface area contributed by atoms with Gasteiger partial charge in [0.05, 0.1) is 11.8 Å². The minimum atomic E-state index is 0.0421. The van der Waals surface area contributed by atoms with Gasteiger partial charge in [-0.3, -0.25) is 4.79 Å². The predicted molar refractivity (Wildman–Crippen MR) is 60.4 cm³/mol. The average molecular weight is 222 g/mol. The van der Waals surface area contributed by atoms with Crippen molar-refractivity contribution in [3.05, 3.63) is 17.5 Å². The third kappa shape index (κ3) is 2.50. The van der Waals surface area contributed by atoms with Gasteiger partial charge in [-0.15, -0.1) is 0 Å². The van der Waals surface area contributed by atoms with Gasteiger partial charge in [0, 0.05) is 13.0 Å². The van der Waals surface area contributed by atoms with E-state index < -0.39 is 0 Å². The van der Waals surface area contributed by atoms with Crippen LogP contribution in [0, 0.1) is 5.92 Å². The topological polar surface area (TPSA) is 46.3 Å². The lowest BCUT2D eigenvalue weighted by atomic mass is 9.92. The quantitative estimate of drug-likeness (QED) is 0.731. The number of likely N-dealkylation sites (tertiary alicyclic amines) is 1. The normalized spacial score (nSPS) is 22.2. The van der Waals surface area contributed by atoms with Gasteiger partial charge < -0.3 is 9.42 Å². The molecule has 88 valence electrons. The Morgan fingerprint density at radius 2 is 2.50 bits per heavy atom. The van der Waals surface area contributed by atoms with Gasteiger partial charge in [-0.1, -0.05) is 5.16 Å². The lowest BCUT2D eigenvalue weighted by Gasteiger charge is -2.29. The van der Waals surface area contributed by atoms with Gasteiger partial charge in [-0.05, 0) is 39.3 Å². The highest BCUT2D eigenvalue weighted by atomic mass is 16.5. The molecule has 0 radical (unpaired) electrons. The number of piperidine rings is 1. The molecule has 0 N–H and O–H groups in total. The van der Waals surface area contributed by atoms with Gasteiger partial charge in [-0.25, -0.2) is 0 Å². The van der Waals surface area contributed by atoms with Crippen LogP contribution >= 0.6 is 0 Å². The van der Waals surface area contributed by atoms with Crippen LogP contribution in [0.4, 0.5) is 0 Å². The number of carbonyl (C=O) groups excluding carboxylic acids is 1. The number of rotatable bonds is 3. The molecular formula is C12H18N2O2. The first-order valence-corrected chi connectivity index (χ1v) is 5.80. The Balaban J connectivity index is 2.02. The van der Waals surface area contributed by atoms with Crippen LogP contribution in [0.1, 0.15) is 35.9 Å². The van der Waals surface area contributed by atoms with Gasteiger partial charge in [0.25, 0.3) is 0 Å². The van der Waals surface area contributed by atoms with E-state index in [-0.39, 0.29) is 5.78 Å². The van der Waals surface area contributed by atoms with Crippen LogP contribution in [0.15, 0.2) is 10.7 Å². The van der Waals surface area contributed by atoms with Crippen LogP contribution in [0.5, 0.6) is 0 Å². The summed E-state index contributed by atoms with van der Waals surface area (Å²) >= 11 is 0. The Kier molecular flexibility index (Phi) is 3.39. The summed E-state index contributed by atoms with van der Waals surface area (Å²) < 4.78 is 5.17. The molecule has 1 aromatic heterocycles. The molecule has 0 bridgehead atoms. The SMILES string of the molecule is CC(=O)c1cnoc1CC1CCCN(C)C1. The Bertz CT molecular complexity index is 373. The number of hydrogen-bond acceptors (Lipinski definition) is 4. The van der Waals surface area contributed by atoms with E-state index in [4.69, 9.17) is 4.52 Å². The van der Waals surface area contributed by atoms with Crippen molar-refractivity contribution in [3.8, 4) is 0 Å². The molecular weight excluding hydrogens is 204 g/mol. The second kappa shape index (κ2) is 4.78. The molecule has 0 amide bonds. The van der Waals surface area contributed by atoms with Crippen LogP contribution < -0.4 is 0 Å². The van der Waals surface area contributed by atoms with Crippen LogP contribution in [-0.2, 0) is 6.42 Å². The summed E-state index contributed by atoms with van der Waals surface area (Å²) in [4.78, 5) is 13.7. The number of nitrogens with zero attached hydrogens (tertiary/aromatic N) is 2. The smallest absolute Gasteiger partial charge is 0.164 e. The maximum Gasteiger partial charge on any atom is 0.164 e. The van der Waals surface area contributed by atoms with Gasteiger partial charge in [0.15, 0.2) is 5.78 Å². The maximum absolute atomic E-state index is 11.3. The lowest BCUT2D eigenvalue weighted by molar-refractivity contribution is 0.101. The largest absolute Gasteiger partial charge is 0.361 e. The number of aromatic nitrogens is 1. The van der Waals surface area contributed by atoms with E-state index in [1.54, 1.807) is 6.92 Å². The Labute approximate surface area is 95.6 Å². The molecule has 1 aliphatic heterocycles. The van der Waals surface area contributed by atoms with Crippen molar-refractivity contribution in [3.63, 3.8) is 0 Å². The highest BCUT2D eigenvalue weighted by Gasteiger charge is 2.21. The van der Waals surface area contributed by atoms with E-state index >= 15 is 0 Å². The van der Waals surface area contributed by atoms with Crippen molar-refractivity contribution >= 4 is 5.78 Å². The first-order chi connectivity index (χ1) is 7.66. The van der Waals surface area contributed by atoms with Gasteiger partial charge in [-0.2, -0.15) is 0 Å². The van der Waals surface area contributed by atoms with Crippen molar-refractivity contribution in [2.45, 2.75) is 26.2 Å². The fourth-order valence-electron chi connectivity index (χ4n) is 2.40. The van der Waals surface area contributed by atoms with E-state index in [1.807, 2.05) is 0 Å². The molecule has 1 fully saturated rings. The molecule has 2 rings (SSSR count). The fraction of sp³-hybridized carbons (Fsp3) is 0.667. The van der Waals surface area contributed by atoms with Crippen LogP contribution in [-0.4, -0.2) is 36.0 Å². The lowest BCUT2D eigenvalue weighted by Crippen LogP contribution is -2.33. The van der Waals surface area contributed by atoms with E-state index in [9.17, 15) is 4.79 Å². The van der Waals surface area contributed by atoms with Gasteiger partial charge >= 0.3 is 0 Å². The van der Waals surface area contributed by atoms with E-state index in [1.165, 1.54) is 25.6 Å². The van der Waals surface area contributed by atoms with Gasteiger partial charge in [0.2, 0.25) is 0 Å². The summed E-state index contributed by atoms with van der Waals surface area (Å²) in [5.41, 5.74) is 0.647. The predicted octanol–water partition coefficient (Wildman–Crippen LogP) is 1.76. The molecule has 0 aromatic carbocycles. The molecule has 16 heavy (non-hydrogen) atoms. The zero-order valence-electron chi connectivity index (χ0n) is 9.90. The first-order valence-electron chi connectivity index (χ1n) is 5.80. The highest BCUT2D eigenvalue weighted by molar-refractivity contribution is 5.94. The number of hydrogen-bond donors (Lipinski definition) is 0. The summed E-state index contributed by atoms with van der Waals surface area (Å²) in [6.07, 6.45) is 4.80. The molecule has 1 aliphatic rings. The summed E-state index contributed by atoms with van der Waals surface area (Å²) in [5.74, 6) is 1.39. The molecule has 1 atom stereocenters. The standard InChI is InChI=1S/C12H18N2O2/c1-9(15)11-7-13-16-12(11)6-10-4-3-5-14(2)8-10/h7,10H,3-6,8H2,1-2H3. The second-order valence-electron chi connectivity index (χ2n) is 4.69. The summed E-state index contributed by atoms with van der Waals surface area (Å²) in [7, 11) is 2.14. The van der Waals surface area contributed by atoms with Crippen LogP contribution in [0.2, 0.25) is 0 Å². The summed E-state index contributed by atoms with van der Waals surface area (Å²) in [6, 6.07) is 0. The summed E-state index contributed by atoms with van der Waals surface area (Å²) in [5, 5.41) is 3.72. The Hall–Kier alpha value is -1.16. The summed E-state index contributed by atoms with van der Waals surface area (Å²) in [6.45, 7) is 3.81. The van der Waals surface area contributed by atoms with Crippen LogP contribution in [0.3, 0.4) is 0 Å². The van der Waals surface area contributed by atoms with Gasteiger partial charge in [0.1, 0.15) is 5.76 Å². The molecule has 0 spiro atoms. The zero-order chi connectivity index (χ0) is 11.5. The second-order valence-corrected chi connectivity index (χ2v) is 4.69. The zero-order valence-corrected chi connectivity index (χ0v) is 9.90. The molecule has 0 saturated carbocycles. The third-order valence-electron chi connectivity index (χ3n) is 3.22. The third-order valence-corrected chi connectivity index (χ3v) is 3.22. The Morgan fingerprint density at radius 3 is 3.19 bits per heavy atom. The van der Waals surface area contributed by atoms with Crippen molar-refractivity contribution in [2.75, 3.05) is 20.1 Å². The number of Topliss-reactive ketones (excluding diaryl/α,β-unsaturated/α-hetero) is 1. The van der Waals surface area contributed by atoms with Crippen molar-refractivity contribution in [1.82, 2.24) is 10.1 Å². The minimum Gasteiger partial charge on any atom is -0.361 e. The van der Waals surface area contributed by atoms with Crippen molar-refractivity contribution < 1.29 is 9.32 Å². The average Bonchev–Trinajstić information content (AvgIpc) is 2.66. The number of ketones is 1. The highest BCUT2D eigenvalue weighted by Crippen LogP contribution is 2.21. The molecule has 0 aliphatic carbocycles. The molecule has 2 heterocycles. The van der Waals surface area contributed by atoms with Crippen LogP contribution in [0.25, 0.3) is 0 Å². The van der Waals surface area contributed by atoms with E-state index in [2.05, 4.69) is 17.1 Å². The molecule has 1 saturated heterocycles. The fourth-order valence-corrected chi connectivity index (χ4v) is 2.40. The Morgan fingerprint density at radius 1 is 1.69 bits per heavy atom. The van der Waals surface area contributed by atoms with E-state index in [0.29, 0.717) is 11.5 Å². The number of carbonyl (C=O) groups is 1.